The van der Waals surface area contributed by atoms with Gasteiger partial charge in [-0.1, -0.05) is 6.07 Å². The number of rotatable bonds is 4. The molecular weight excluding hydrogens is 284 g/mol. The van der Waals surface area contributed by atoms with Crippen LogP contribution >= 0.6 is 24.2 Å². The van der Waals surface area contributed by atoms with E-state index in [4.69, 9.17) is 4.74 Å². The van der Waals surface area contributed by atoms with Crippen LogP contribution in [0.4, 0.5) is 5.69 Å². The molecule has 1 aliphatic heterocycles. The molecule has 1 saturated heterocycles. The summed E-state index contributed by atoms with van der Waals surface area (Å²) in [5.41, 5.74) is 0.851. The molecule has 1 fully saturated rings. The van der Waals surface area contributed by atoms with Gasteiger partial charge in [-0.25, -0.2) is 0 Å². The molecular formula is C13H19ClN2O2S. The molecule has 2 rings (SSSR count). The molecule has 4 nitrogen and oxygen atoms in total. The fourth-order valence-corrected chi connectivity index (χ4v) is 2.35. The Morgan fingerprint density at radius 2 is 2.42 bits per heavy atom. The van der Waals surface area contributed by atoms with Crippen molar-refractivity contribution in [3.63, 3.8) is 0 Å². The van der Waals surface area contributed by atoms with Crippen molar-refractivity contribution >= 4 is 35.8 Å². The maximum Gasteiger partial charge on any atom is 0.226 e. The van der Waals surface area contributed by atoms with Crippen LogP contribution in [0.5, 0.6) is 0 Å². The number of halogens is 1. The highest BCUT2D eigenvalue weighted by Gasteiger charge is 2.16. The van der Waals surface area contributed by atoms with Crippen molar-refractivity contribution in [3.8, 4) is 0 Å². The predicted octanol–water partition coefficient (Wildman–Crippen LogP) is 2.15. The lowest BCUT2D eigenvalue weighted by atomic mass is 10.2. The summed E-state index contributed by atoms with van der Waals surface area (Å²) in [6, 6.07) is 7.98. The Kier molecular flexibility index (Phi) is 7.23. The highest BCUT2D eigenvalue weighted by molar-refractivity contribution is 7.98. The van der Waals surface area contributed by atoms with Gasteiger partial charge in [0.1, 0.15) is 0 Å². The van der Waals surface area contributed by atoms with Crippen molar-refractivity contribution in [1.29, 1.82) is 0 Å². The van der Waals surface area contributed by atoms with Crippen LogP contribution in [-0.4, -0.2) is 38.0 Å². The molecule has 1 aromatic carbocycles. The van der Waals surface area contributed by atoms with Crippen LogP contribution in [0, 0.1) is 0 Å². The number of carbonyl (C=O) groups is 1. The highest BCUT2D eigenvalue weighted by atomic mass is 35.5. The summed E-state index contributed by atoms with van der Waals surface area (Å²) in [4.78, 5) is 13.0. The average molecular weight is 303 g/mol. The summed E-state index contributed by atoms with van der Waals surface area (Å²) in [6.45, 7) is 2.16. The van der Waals surface area contributed by atoms with Gasteiger partial charge in [0.15, 0.2) is 0 Å². The first-order chi connectivity index (χ1) is 8.78. The van der Waals surface area contributed by atoms with Gasteiger partial charge in [-0.05, 0) is 24.5 Å². The summed E-state index contributed by atoms with van der Waals surface area (Å²) < 4.78 is 5.32. The van der Waals surface area contributed by atoms with Crippen LogP contribution in [0.3, 0.4) is 0 Å². The molecule has 6 heteroatoms. The van der Waals surface area contributed by atoms with Crippen molar-refractivity contribution < 1.29 is 9.53 Å². The van der Waals surface area contributed by atoms with Crippen molar-refractivity contribution in [1.82, 2.24) is 5.32 Å². The summed E-state index contributed by atoms with van der Waals surface area (Å²) in [5, 5.41) is 6.18. The monoisotopic (exact) mass is 302 g/mol. The van der Waals surface area contributed by atoms with Crippen LogP contribution in [0.25, 0.3) is 0 Å². The first-order valence-electron chi connectivity index (χ1n) is 6.03. The van der Waals surface area contributed by atoms with E-state index in [2.05, 4.69) is 10.6 Å². The quantitative estimate of drug-likeness (QED) is 0.837. The first kappa shape index (κ1) is 16.3. The molecule has 106 valence electrons. The molecule has 0 aromatic heterocycles. The van der Waals surface area contributed by atoms with Crippen molar-refractivity contribution in [2.24, 2.45) is 0 Å². The average Bonchev–Trinajstić information content (AvgIpc) is 2.40. The Hall–Kier alpha value is -0.750. The lowest BCUT2D eigenvalue weighted by Gasteiger charge is -2.23. The number of hydrogen-bond donors (Lipinski definition) is 2. The van der Waals surface area contributed by atoms with E-state index in [1.165, 1.54) is 0 Å². The minimum absolute atomic E-state index is 0. The maximum atomic E-state index is 11.9. The summed E-state index contributed by atoms with van der Waals surface area (Å²) in [7, 11) is 0. The zero-order valence-electron chi connectivity index (χ0n) is 10.8. The summed E-state index contributed by atoms with van der Waals surface area (Å²) in [6.07, 6.45) is 2.47. The smallest absolute Gasteiger partial charge is 0.226 e. The number of amides is 1. The number of ether oxygens (including phenoxy) is 1. The van der Waals surface area contributed by atoms with E-state index in [0.717, 1.165) is 23.7 Å². The fourth-order valence-electron chi connectivity index (χ4n) is 1.89. The summed E-state index contributed by atoms with van der Waals surface area (Å²) in [5.74, 6) is 0.0243. The number of hydrogen-bond acceptors (Lipinski definition) is 4. The number of benzene rings is 1. The van der Waals surface area contributed by atoms with Gasteiger partial charge in [0, 0.05) is 29.6 Å². The zero-order chi connectivity index (χ0) is 12.8. The second kappa shape index (κ2) is 8.43. The van der Waals surface area contributed by atoms with Crippen molar-refractivity contribution in [2.45, 2.75) is 17.4 Å². The lowest BCUT2D eigenvalue weighted by molar-refractivity contribution is -0.117. The number of morpholine rings is 1. The van der Waals surface area contributed by atoms with Crippen molar-refractivity contribution in [2.75, 3.05) is 31.3 Å². The fraction of sp³-hybridized carbons (Fsp3) is 0.462. The van der Waals surface area contributed by atoms with E-state index in [9.17, 15) is 4.79 Å². The van der Waals surface area contributed by atoms with Gasteiger partial charge < -0.3 is 15.4 Å². The molecule has 0 spiro atoms. The van der Waals surface area contributed by atoms with Gasteiger partial charge in [-0.15, -0.1) is 24.2 Å². The third-order valence-electron chi connectivity index (χ3n) is 2.78. The lowest BCUT2D eigenvalue weighted by Crippen LogP contribution is -2.43. The minimum Gasteiger partial charge on any atom is -0.378 e. The molecule has 0 aliphatic carbocycles. The standard InChI is InChI=1S/C13H18N2O2S.ClH/c1-18-12-4-2-3-10(7-12)15-13(16)8-11-9-17-6-5-14-11;/h2-4,7,11,14H,5-6,8-9H2,1H3,(H,15,16);1H. The van der Waals surface area contributed by atoms with Crippen LogP contribution in [0.15, 0.2) is 29.2 Å². The van der Waals surface area contributed by atoms with Gasteiger partial charge in [-0.3, -0.25) is 4.79 Å². The van der Waals surface area contributed by atoms with Gasteiger partial charge in [0.2, 0.25) is 5.91 Å². The van der Waals surface area contributed by atoms with Crippen LogP contribution in [0.1, 0.15) is 6.42 Å². The van der Waals surface area contributed by atoms with Gasteiger partial charge in [0.05, 0.1) is 13.2 Å². The molecule has 1 heterocycles. The number of thioether (sulfide) groups is 1. The van der Waals surface area contributed by atoms with Gasteiger partial charge >= 0.3 is 0 Å². The predicted molar refractivity (Wildman–Crippen MR) is 81.3 cm³/mol. The second-order valence-corrected chi connectivity index (χ2v) is 5.09. The molecule has 1 unspecified atom stereocenters. The van der Waals surface area contributed by atoms with Crippen LogP contribution < -0.4 is 10.6 Å². The third-order valence-corrected chi connectivity index (χ3v) is 3.51. The van der Waals surface area contributed by atoms with E-state index < -0.39 is 0 Å². The Labute approximate surface area is 124 Å². The molecule has 0 saturated carbocycles. The van der Waals surface area contributed by atoms with E-state index in [1.54, 1.807) is 11.8 Å². The molecule has 1 aliphatic rings. The highest BCUT2D eigenvalue weighted by Crippen LogP contribution is 2.19. The van der Waals surface area contributed by atoms with E-state index in [1.807, 2.05) is 30.5 Å². The molecule has 0 radical (unpaired) electrons. The molecule has 1 amide bonds. The largest absolute Gasteiger partial charge is 0.378 e. The second-order valence-electron chi connectivity index (χ2n) is 4.21. The SMILES string of the molecule is CSc1cccc(NC(=O)CC2COCCN2)c1.Cl. The Bertz CT molecular complexity index is 411. The first-order valence-corrected chi connectivity index (χ1v) is 7.25. The van der Waals surface area contributed by atoms with Crippen molar-refractivity contribution in [3.05, 3.63) is 24.3 Å². The summed E-state index contributed by atoms with van der Waals surface area (Å²) >= 11 is 1.66. The molecule has 0 bridgehead atoms. The number of carbonyl (C=O) groups excluding carboxylic acids is 1. The van der Waals surface area contributed by atoms with E-state index in [-0.39, 0.29) is 24.4 Å². The third kappa shape index (κ3) is 5.40. The maximum absolute atomic E-state index is 11.9. The van der Waals surface area contributed by atoms with Crippen LogP contribution in [-0.2, 0) is 9.53 Å². The van der Waals surface area contributed by atoms with Gasteiger partial charge in [0.25, 0.3) is 0 Å². The molecule has 2 N–H and O–H groups in total. The molecule has 19 heavy (non-hydrogen) atoms. The zero-order valence-corrected chi connectivity index (χ0v) is 12.5. The topological polar surface area (TPSA) is 50.4 Å². The van der Waals surface area contributed by atoms with E-state index in [0.29, 0.717) is 13.0 Å². The molecule has 1 atom stereocenters. The number of nitrogens with one attached hydrogen (secondary N) is 2. The Morgan fingerprint density at radius 1 is 1.58 bits per heavy atom. The van der Waals surface area contributed by atoms with E-state index >= 15 is 0 Å². The number of anilines is 1. The van der Waals surface area contributed by atoms with Gasteiger partial charge in [-0.2, -0.15) is 0 Å². The normalized spacial score (nSPS) is 18.5. The Morgan fingerprint density at radius 3 is 3.11 bits per heavy atom. The minimum atomic E-state index is 0. The Balaban J connectivity index is 0.00000180. The molecule has 1 aromatic rings. The van der Waals surface area contributed by atoms with Crippen LogP contribution in [0.2, 0.25) is 0 Å².